The summed E-state index contributed by atoms with van der Waals surface area (Å²) < 4.78 is 13.1. The lowest BCUT2D eigenvalue weighted by Crippen LogP contribution is -2.45. The van der Waals surface area contributed by atoms with Crippen LogP contribution in [0.1, 0.15) is 23.6 Å². The zero-order valence-electron chi connectivity index (χ0n) is 12.6. The predicted octanol–water partition coefficient (Wildman–Crippen LogP) is 3.45. The van der Waals surface area contributed by atoms with Gasteiger partial charge in [-0.2, -0.15) is 0 Å². The Bertz CT molecular complexity index is 605. The molecule has 3 heteroatoms. The molecule has 2 aromatic carbocycles. The van der Waals surface area contributed by atoms with Crippen molar-refractivity contribution in [2.75, 3.05) is 32.9 Å². The first-order valence-corrected chi connectivity index (χ1v) is 7.80. The SMILES string of the molecule is Cc1ccc([C@@H](CCF)N2CCNCC2)c2ccccc12. The number of benzene rings is 2. The zero-order chi connectivity index (χ0) is 14.7. The normalized spacial score (nSPS) is 18.0. The number of nitrogens with zero attached hydrogens (tertiary/aromatic N) is 1. The van der Waals surface area contributed by atoms with Gasteiger partial charge >= 0.3 is 0 Å². The summed E-state index contributed by atoms with van der Waals surface area (Å²) in [6.07, 6.45) is 0.576. The Labute approximate surface area is 126 Å². The third kappa shape index (κ3) is 2.94. The van der Waals surface area contributed by atoms with E-state index in [-0.39, 0.29) is 12.7 Å². The van der Waals surface area contributed by atoms with E-state index in [2.05, 4.69) is 53.5 Å². The van der Waals surface area contributed by atoms with Crippen LogP contribution < -0.4 is 5.32 Å². The zero-order valence-corrected chi connectivity index (χ0v) is 12.6. The molecule has 1 heterocycles. The highest BCUT2D eigenvalue weighted by Crippen LogP contribution is 2.32. The maximum atomic E-state index is 13.1. The average Bonchev–Trinajstić information content (AvgIpc) is 2.55. The Morgan fingerprint density at radius 2 is 1.81 bits per heavy atom. The average molecular weight is 286 g/mol. The van der Waals surface area contributed by atoms with Crippen LogP contribution in [0.2, 0.25) is 0 Å². The van der Waals surface area contributed by atoms with Gasteiger partial charge in [-0.05, 0) is 35.2 Å². The number of piperazine rings is 1. The van der Waals surface area contributed by atoms with Crippen molar-refractivity contribution in [1.29, 1.82) is 0 Å². The molecule has 1 saturated heterocycles. The monoisotopic (exact) mass is 286 g/mol. The number of hydrogen-bond donors (Lipinski definition) is 1. The van der Waals surface area contributed by atoms with Crippen LogP contribution >= 0.6 is 0 Å². The molecular formula is C18H23FN2. The van der Waals surface area contributed by atoms with Gasteiger partial charge in [-0.1, -0.05) is 36.4 Å². The first kappa shape index (κ1) is 14.5. The van der Waals surface area contributed by atoms with Crippen molar-refractivity contribution in [1.82, 2.24) is 10.2 Å². The third-order valence-electron chi connectivity index (χ3n) is 4.51. The van der Waals surface area contributed by atoms with Gasteiger partial charge in [-0.3, -0.25) is 9.29 Å². The highest BCUT2D eigenvalue weighted by atomic mass is 19.1. The van der Waals surface area contributed by atoms with E-state index in [1.807, 2.05) is 0 Å². The van der Waals surface area contributed by atoms with Gasteiger partial charge in [0.2, 0.25) is 0 Å². The van der Waals surface area contributed by atoms with E-state index in [0.717, 1.165) is 26.2 Å². The van der Waals surface area contributed by atoms with Gasteiger partial charge in [0.15, 0.2) is 0 Å². The molecule has 2 nitrogen and oxygen atoms in total. The van der Waals surface area contributed by atoms with Crippen LogP contribution in [-0.4, -0.2) is 37.8 Å². The summed E-state index contributed by atoms with van der Waals surface area (Å²) in [4.78, 5) is 2.42. The van der Waals surface area contributed by atoms with E-state index in [1.54, 1.807) is 0 Å². The lowest BCUT2D eigenvalue weighted by Gasteiger charge is -2.35. The molecule has 1 aliphatic heterocycles. The fourth-order valence-corrected chi connectivity index (χ4v) is 3.40. The lowest BCUT2D eigenvalue weighted by atomic mass is 9.93. The van der Waals surface area contributed by atoms with Crippen molar-refractivity contribution < 1.29 is 4.39 Å². The van der Waals surface area contributed by atoms with Crippen LogP contribution in [0.5, 0.6) is 0 Å². The molecule has 1 N–H and O–H groups in total. The molecule has 1 fully saturated rings. The van der Waals surface area contributed by atoms with Crippen molar-refractivity contribution >= 4 is 10.8 Å². The van der Waals surface area contributed by atoms with Crippen LogP contribution in [0.15, 0.2) is 36.4 Å². The second kappa shape index (κ2) is 6.54. The first-order chi connectivity index (χ1) is 10.3. The minimum atomic E-state index is -0.267. The molecule has 1 aliphatic rings. The summed E-state index contributed by atoms with van der Waals surface area (Å²) in [7, 11) is 0. The molecule has 0 aromatic heterocycles. The predicted molar refractivity (Wildman–Crippen MR) is 86.5 cm³/mol. The summed E-state index contributed by atoms with van der Waals surface area (Å²) in [5.74, 6) is 0. The van der Waals surface area contributed by atoms with Gasteiger partial charge in [0.1, 0.15) is 0 Å². The summed E-state index contributed by atoms with van der Waals surface area (Å²) >= 11 is 0. The van der Waals surface area contributed by atoms with Crippen molar-refractivity contribution in [2.45, 2.75) is 19.4 Å². The van der Waals surface area contributed by atoms with Crippen LogP contribution in [0, 0.1) is 6.92 Å². The van der Waals surface area contributed by atoms with Gasteiger partial charge < -0.3 is 5.32 Å². The minimum Gasteiger partial charge on any atom is -0.314 e. The van der Waals surface area contributed by atoms with Crippen LogP contribution in [-0.2, 0) is 0 Å². The minimum absolute atomic E-state index is 0.183. The van der Waals surface area contributed by atoms with Crippen molar-refractivity contribution in [3.8, 4) is 0 Å². The molecule has 0 amide bonds. The summed E-state index contributed by atoms with van der Waals surface area (Å²) in [5.41, 5.74) is 2.56. The standard InChI is InChI=1S/C18H23FN2/c1-14-6-7-17(16-5-3-2-4-15(14)16)18(8-9-19)21-12-10-20-11-13-21/h2-7,18,20H,8-13H2,1H3/t18-/m1/s1. The van der Waals surface area contributed by atoms with Gasteiger partial charge in [-0.25, -0.2) is 0 Å². The molecule has 3 rings (SSSR count). The van der Waals surface area contributed by atoms with Crippen LogP contribution in [0.25, 0.3) is 10.8 Å². The van der Waals surface area contributed by atoms with Gasteiger partial charge in [0.05, 0.1) is 6.67 Å². The molecule has 2 aromatic rings. The number of fused-ring (bicyclic) bond motifs is 1. The smallest absolute Gasteiger partial charge is 0.0912 e. The highest BCUT2D eigenvalue weighted by molar-refractivity contribution is 5.88. The topological polar surface area (TPSA) is 15.3 Å². The molecule has 0 spiro atoms. The quantitative estimate of drug-likeness (QED) is 0.926. The molecule has 0 unspecified atom stereocenters. The number of nitrogens with one attached hydrogen (secondary N) is 1. The Morgan fingerprint density at radius 3 is 2.52 bits per heavy atom. The molecule has 21 heavy (non-hydrogen) atoms. The van der Waals surface area contributed by atoms with Crippen molar-refractivity contribution in [2.24, 2.45) is 0 Å². The van der Waals surface area contributed by atoms with Crippen LogP contribution in [0.3, 0.4) is 0 Å². The number of rotatable bonds is 4. The van der Waals surface area contributed by atoms with Gasteiger partial charge in [-0.15, -0.1) is 0 Å². The Kier molecular flexibility index (Phi) is 4.51. The molecule has 0 saturated carbocycles. The summed E-state index contributed by atoms with van der Waals surface area (Å²) in [6.45, 7) is 5.84. The van der Waals surface area contributed by atoms with Crippen molar-refractivity contribution in [3.63, 3.8) is 0 Å². The lowest BCUT2D eigenvalue weighted by molar-refractivity contribution is 0.158. The fourth-order valence-electron chi connectivity index (χ4n) is 3.40. The Hall–Kier alpha value is -1.45. The molecule has 0 aliphatic carbocycles. The fraction of sp³-hybridized carbons (Fsp3) is 0.444. The molecule has 1 atom stereocenters. The first-order valence-electron chi connectivity index (χ1n) is 7.80. The Balaban J connectivity index is 2.04. The van der Waals surface area contributed by atoms with Crippen LogP contribution in [0.4, 0.5) is 4.39 Å². The molecule has 0 bridgehead atoms. The van der Waals surface area contributed by atoms with E-state index in [0.29, 0.717) is 6.42 Å². The number of alkyl halides is 1. The number of halogens is 1. The second-order valence-electron chi connectivity index (χ2n) is 5.80. The van der Waals surface area contributed by atoms with Gasteiger partial charge in [0, 0.05) is 32.2 Å². The number of aryl methyl sites for hydroxylation is 1. The van der Waals surface area contributed by atoms with E-state index in [9.17, 15) is 4.39 Å². The summed E-state index contributed by atoms with van der Waals surface area (Å²) in [6, 6.07) is 13.0. The van der Waals surface area contributed by atoms with E-state index in [4.69, 9.17) is 0 Å². The highest BCUT2D eigenvalue weighted by Gasteiger charge is 2.23. The largest absolute Gasteiger partial charge is 0.314 e. The third-order valence-corrected chi connectivity index (χ3v) is 4.51. The Morgan fingerprint density at radius 1 is 1.10 bits per heavy atom. The van der Waals surface area contributed by atoms with E-state index >= 15 is 0 Å². The molecular weight excluding hydrogens is 263 g/mol. The number of hydrogen-bond acceptors (Lipinski definition) is 2. The maximum absolute atomic E-state index is 13.1. The van der Waals surface area contributed by atoms with E-state index < -0.39 is 0 Å². The van der Waals surface area contributed by atoms with Crippen molar-refractivity contribution in [3.05, 3.63) is 47.5 Å². The summed E-state index contributed by atoms with van der Waals surface area (Å²) in [5, 5.41) is 5.93. The molecule has 112 valence electrons. The molecule has 0 radical (unpaired) electrons. The van der Waals surface area contributed by atoms with E-state index in [1.165, 1.54) is 21.9 Å². The maximum Gasteiger partial charge on any atom is 0.0912 e. The van der Waals surface area contributed by atoms with Gasteiger partial charge in [0.25, 0.3) is 0 Å². The second-order valence-corrected chi connectivity index (χ2v) is 5.80.